The van der Waals surface area contributed by atoms with Gasteiger partial charge in [-0.15, -0.1) is 0 Å². The molecular weight excluding hydrogens is 997 g/mol. The minimum absolute atomic E-state index is 0.0843. The number of esters is 3. The standard InChI is InChI=1S/C75H134O6/c1-4-7-10-13-16-19-22-25-27-28-29-30-31-32-33-34-35-36-37-38-39-40-41-42-43-44-45-46-48-50-53-56-59-62-65-68-74(77)80-71-72(70-79-73(76)67-64-61-58-55-52-49-24-21-18-15-12-9-6-3)81-75(78)69-66-63-60-57-54-51-47-26-23-20-17-14-11-8-5-2/h8,11-12,15,17,20-21,24,26,28-29,47,72H,4-7,9-10,13-14,16,18-19,22-23,25,27,30-46,48-71H2,1-3H3/b11-8-,15-12-,20-17-,24-21-,29-28-,47-26-. The van der Waals surface area contributed by atoms with Crippen LogP contribution in [-0.2, 0) is 28.6 Å². The maximum Gasteiger partial charge on any atom is 0.306 e. The highest BCUT2D eigenvalue weighted by molar-refractivity contribution is 5.71. The molecule has 0 N–H and O–H groups in total. The van der Waals surface area contributed by atoms with E-state index in [-0.39, 0.29) is 31.1 Å². The SMILES string of the molecule is CC/C=C\C/C=C\C/C=C\CCCCCCCC(=O)OC(COC(=O)CCCCCCC/C=C\C/C=C\CCC)COC(=O)CCCCCCCCCCCCCCCCCCCCCCCCC/C=C\CCCCCCCCCC. The van der Waals surface area contributed by atoms with Crippen LogP contribution in [0.4, 0.5) is 0 Å². The number of allylic oxidation sites excluding steroid dienone is 12. The van der Waals surface area contributed by atoms with Gasteiger partial charge in [-0.1, -0.05) is 318 Å². The highest BCUT2D eigenvalue weighted by Crippen LogP contribution is 2.18. The van der Waals surface area contributed by atoms with E-state index in [1.54, 1.807) is 0 Å². The van der Waals surface area contributed by atoms with Crippen LogP contribution in [0.5, 0.6) is 0 Å². The Morgan fingerprint density at radius 2 is 0.506 bits per heavy atom. The minimum atomic E-state index is -0.790. The monoisotopic (exact) mass is 1130 g/mol. The molecule has 0 aliphatic heterocycles. The predicted octanol–water partition coefficient (Wildman–Crippen LogP) is 24.4. The van der Waals surface area contributed by atoms with Gasteiger partial charge in [-0.05, 0) is 103 Å². The molecule has 0 aliphatic rings. The second-order valence-corrected chi connectivity index (χ2v) is 23.8. The molecule has 0 aromatic carbocycles. The van der Waals surface area contributed by atoms with Crippen LogP contribution in [0.3, 0.4) is 0 Å². The van der Waals surface area contributed by atoms with E-state index in [1.807, 2.05) is 0 Å². The Labute approximate surface area is 503 Å². The van der Waals surface area contributed by atoms with E-state index >= 15 is 0 Å². The summed E-state index contributed by atoms with van der Waals surface area (Å²) in [5, 5.41) is 0. The zero-order chi connectivity index (χ0) is 58.5. The number of carbonyl (C=O) groups is 3. The third-order valence-corrected chi connectivity index (χ3v) is 15.6. The van der Waals surface area contributed by atoms with Gasteiger partial charge in [0.05, 0.1) is 0 Å². The molecule has 0 aromatic heterocycles. The zero-order valence-electron chi connectivity index (χ0n) is 54.1. The molecule has 0 saturated carbocycles. The van der Waals surface area contributed by atoms with Crippen molar-refractivity contribution in [3.05, 3.63) is 72.9 Å². The summed E-state index contributed by atoms with van der Waals surface area (Å²) in [7, 11) is 0. The Morgan fingerprint density at radius 3 is 0.815 bits per heavy atom. The quantitative estimate of drug-likeness (QED) is 0.0261. The Hall–Kier alpha value is -3.15. The van der Waals surface area contributed by atoms with E-state index in [9.17, 15) is 14.4 Å². The number of unbranched alkanes of at least 4 members (excludes halogenated alkanes) is 42. The molecule has 470 valence electrons. The lowest BCUT2D eigenvalue weighted by Crippen LogP contribution is -2.30. The van der Waals surface area contributed by atoms with Crippen molar-refractivity contribution < 1.29 is 28.6 Å². The van der Waals surface area contributed by atoms with Gasteiger partial charge in [-0.25, -0.2) is 0 Å². The van der Waals surface area contributed by atoms with Crippen LogP contribution in [0.2, 0.25) is 0 Å². The average Bonchev–Trinajstić information content (AvgIpc) is 3.46. The zero-order valence-corrected chi connectivity index (χ0v) is 54.1. The highest BCUT2D eigenvalue weighted by atomic mass is 16.6. The number of ether oxygens (including phenoxy) is 3. The normalized spacial score (nSPS) is 12.5. The highest BCUT2D eigenvalue weighted by Gasteiger charge is 2.19. The summed E-state index contributed by atoms with van der Waals surface area (Å²) in [4.78, 5) is 38.3. The summed E-state index contributed by atoms with van der Waals surface area (Å²) in [6.45, 7) is 6.48. The van der Waals surface area contributed by atoms with E-state index in [1.165, 1.54) is 199 Å². The van der Waals surface area contributed by atoms with Gasteiger partial charge >= 0.3 is 17.9 Å². The first kappa shape index (κ1) is 77.9. The van der Waals surface area contributed by atoms with Gasteiger partial charge in [0.25, 0.3) is 0 Å². The summed E-state index contributed by atoms with van der Waals surface area (Å²) < 4.78 is 16.9. The molecule has 0 spiro atoms. The Bertz CT molecular complexity index is 1490. The molecule has 0 bridgehead atoms. The molecule has 1 unspecified atom stereocenters. The third-order valence-electron chi connectivity index (χ3n) is 15.6. The second-order valence-electron chi connectivity index (χ2n) is 23.8. The van der Waals surface area contributed by atoms with Gasteiger partial charge in [0.1, 0.15) is 13.2 Å². The molecule has 0 aliphatic carbocycles. The van der Waals surface area contributed by atoms with Crippen LogP contribution < -0.4 is 0 Å². The van der Waals surface area contributed by atoms with Crippen LogP contribution in [0.15, 0.2) is 72.9 Å². The largest absolute Gasteiger partial charge is 0.462 e. The summed E-state index contributed by atoms with van der Waals surface area (Å²) >= 11 is 0. The van der Waals surface area contributed by atoms with Gasteiger partial charge in [-0.2, -0.15) is 0 Å². The number of hydrogen-bond acceptors (Lipinski definition) is 6. The fourth-order valence-corrected chi connectivity index (χ4v) is 10.4. The van der Waals surface area contributed by atoms with E-state index in [0.29, 0.717) is 19.3 Å². The fraction of sp³-hybridized carbons (Fsp3) is 0.800. The first-order valence-corrected chi connectivity index (χ1v) is 35.4. The van der Waals surface area contributed by atoms with Crippen LogP contribution >= 0.6 is 0 Å². The van der Waals surface area contributed by atoms with Crippen LogP contribution in [0.1, 0.15) is 367 Å². The van der Waals surface area contributed by atoms with Crippen LogP contribution in [0, 0.1) is 0 Å². The molecule has 0 aromatic rings. The summed E-state index contributed by atoms with van der Waals surface area (Å²) in [6.07, 6.45) is 91.0. The molecular formula is C75H134O6. The van der Waals surface area contributed by atoms with Crippen molar-refractivity contribution in [1.29, 1.82) is 0 Å². The maximum absolute atomic E-state index is 12.9. The summed E-state index contributed by atoms with van der Waals surface area (Å²) in [6, 6.07) is 0. The van der Waals surface area contributed by atoms with Crippen molar-refractivity contribution in [2.45, 2.75) is 374 Å². The second kappa shape index (κ2) is 69.3. The topological polar surface area (TPSA) is 78.9 Å². The van der Waals surface area contributed by atoms with Crippen molar-refractivity contribution in [2.24, 2.45) is 0 Å². The van der Waals surface area contributed by atoms with Crippen molar-refractivity contribution in [3.63, 3.8) is 0 Å². The predicted molar refractivity (Wildman–Crippen MR) is 353 cm³/mol. The number of rotatable bonds is 65. The molecule has 0 radical (unpaired) electrons. The van der Waals surface area contributed by atoms with Crippen molar-refractivity contribution in [3.8, 4) is 0 Å². The molecule has 0 amide bonds. The van der Waals surface area contributed by atoms with Crippen molar-refractivity contribution in [1.82, 2.24) is 0 Å². The van der Waals surface area contributed by atoms with Gasteiger partial charge in [0, 0.05) is 19.3 Å². The van der Waals surface area contributed by atoms with E-state index in [4.69, 9.17) is 14.2 Å². The lowest BCUT2D eigenvalue weighted by atomic mass is 10.0. The maximum atomic E-state index is 12.9. The molecule has 0 fully saturated rings. The first-order chi connectivity index (χ1) is 40.0. The van der Waals surface area contributed by atoms with Gasteiger partial charge in [-0.3, -0.25) is 14.4 Å². The molecule has 6 heteroatoms. The Morgan fingerprint density at radius 1 is 0.259 bits per heavy atom. The molecule has 81 heavy (non-hydrogen) atoms. The van der Waals surface area contributed by atoms with E-state index in [0.717, 1.165) is 128 Å². The smallest absolute Gasteiger partial charge is 0.306 e. The summed E-state index contributed by atoms with van der Waals surface area (Å²) in [5.41, 5.74) is 0. The molecule has 0 rings (SSSR count). The third kappa shape index (κ3) is 67.5. The molecule has 0 saturated heterocycles. The summed E-state index contributed by atoms with van der Waals surface area (Å²) in [5.74, 6) is -0.900. The number of carbonyl (C=O) groups excluding carboxylic acids is 3. The minimum Gasteiger partial charge on any atom is -0.462 e. The lowest BCUT2D eigenvalue weighted by molar-refractivity contribution is -0.167. The lowest BCUT2D eigenvalue weighted by Gasteiger charge is -2.18. The van der Waals surface area contributed by atoms with E-state index < -0.39 is 6.10 Å². The molecule has 1 atom stereocenters. The Kier molecular flexibility index (Phi) is 66.6. The fourth-order valence-electron chi connectivity index (χ4n) is 10.4. The van der Waals surface area contributed by atoms with E-state index in [2.05, 4.69) is 93.7 Å². The number of hydrogen-bond donors (Lipinski definition) is 0. The molecule has 6 nitrogen and oxygen atoms in total. The van der Waals surface area contributed by atoms with Crippen molar-refractivity contribution in [2.75, 3.05) is 13.2 Å². The van der Waals surface area contributed by atoms with Gasteiger partial charge in [0.2, 0.25) is 0 Å². The van der Waals surface area contributed by atoms with Crippen molar-refractivity contribution >= 4 is 17.9 Å². The van der Waals surface area contributed by atoms with Gasteiger partial charge in [0.15, 0.2) is 6.10 Å². The van der Waals surface area contributed by atoms with Gasteiger partial charge < -0.3 is 14.2 Å². The average molecular weight is 1130 g/mol. The molecule has 0 heterocycles. The first-order valence-electron chi connectivity index (χ1n) is 35.4. The van der Waals surface area contributed by atoms with Crippen LogP contribution in [0.25, 0.3) is 0 Å². The Balaban J connectivity index is 4.07. The van der Waals surface area contributed by atoms with Crippen LogP contribution in [-0.4, -0.2) is 37.2 Å².